The van der Waals surface area contributed by atoms with E-state index in [2.05, 4.69) is 50.8 Å². The zero-order valence-electron chi connectivity index (χ0n) is 26.5. The minimum absolute atomic E-state index is 0.0179. The highest BCUT2D eigenvalue weighted by Gasteiger charge is 2.74. The Morgan fingerprint density at radius 1 is 0.953 bits per heavy atom. The lowest BCUT2D eigenvalue weighted by Crippen LogP contribution is -2.58. The second kappa shape index (κ2) is 12.3. The van der Waals surface area contributed by atoms with Gasteiger partial charge in [0.1, 0.15) is 6.04 Å². The number of aliphatic hydroxyl groups excluding tert-OH is 1. The third-order valence-electron chi connectivity index (χ3n) is 10.2. The Labute approximate surface area is 261 Å². The summed E-state index contributed by atoms with van der Waals surface area (Å²) in [6, 6.07) is 6.69. The molecule has 0 aliphatic carbocycles. The molecule has 0 saturated carbocycles. The summed E-state index contributed by atoms with van der Waals surface area (Å²) in [7, 11) is 0. The van der Waals surface area contributed by atoms with Crippen LogP contribution in [0.2, 0.25) is 0 Å². The molecule has 8 nitrogen and oxygen atoms in total. The lowest BCUT2D eigenvalue weighted by Gasteiger charge is -2.41. The third kappa shape index (κ3) is 5.00. The maximum Gasteiger partial charge on any atom is 0.251 e. The number of likely N-dealkylation sites (tertiary alicyclic amines) is 1. The maximum absolute atomic E-state index is 14.9. The summed E-state index contributed by atoms with van der Waals surface area (Å²) < 4.78 is -1.57. The molecule has 1 spiro atoms. The van der Waals surface area contributed by atoms with E-state index >= 15 is 0 Å². The number of carbonyl (C=O) groups excluding carboxylic acids is 3. The van der Waals surface area contributed by atoms with Gasteiger partial charge in [0.2, 0.25) is 11.8 Å². The van der Waals surface area contributed by atoms with Crippen molar-refractivity contribution in [2.24, 2.45) is 17.8 Å². The fraction of sp³-hybridized carbons (Fsp3) is 0.618. The molecule has 5 rings (SSSR count). The predicted molar refractivity (Wildman–Crippen MR) is 174 cm³/mol. The van der Waals surface area contributed by atoms with Gasteiger partial charge < -0.3 is 24.7 Å². The Kier molecular flexibility index (Phi) is 9.06. The average Bonchev–Trinajstić information content (AvgIpc) is 3.27. The van der Waals surface area contributed by atoms with Crippen LogP contribution in [0, 0.1) is 17.8 Å². The predicted octanol–water partition coefficient (Wildman–Crippen LogP) is 4.34. The topological polar surface area (TPSA) is 84.4 Å². The molecule has 1 aromatic carbocycles. The fourth-order valence-electron chi connectivity index (χ4n) is 7.82. The van der Waals surface area contributed by atoms with E-state index in [1.807, 2.05) is 49.1 Å². The second-order valence-electron chi connectivity index (χ2n) is 12.6. The molecule has 4 heterocycles. The summed E-state index contributed by atoms with van der Waals surface area (Å²) in [4.78, 5) is 51.5. The van der Waals surface area contributed by atoms with Crippen molar-refractivity contribution in [1.29, 1.82) is 0 Å². The van der Waals surface area contributed by atoms with Gasteiger partial charge in [0.25, 0.3) is 5.91 Å². The normalized spacial score (nSPS) is 31.5. The third-order valence-corrected chi connectivity index (χ3v) is 12.0. The van der Waals surface area contributed by atoms with Crippen LogP contribution < -0.4 is 9.80 Å². The van der Waals surface area contributed by atoms with E-state index in [4.69, 9.17) is 0 Å². The maximum atomic E-state index is 14.9. The molecule has 3 amide bonds. The van der Waals surface area contributed by atoms with Gasteiger partial charge in [-0.2, -0.15) is 0 Å². The summed E-state index contributed by atoms with van der Waals surface area (Å²) in [5.41, 5.74) is 1.87. The first-order valence-electron chi connectivity index (χ1n) is 16.1. The van der Waals surface area contributed by atoms with Crippen molar-refractivity contribution in [3.05, 3.63) is 48.6 Å². The highest BCUT2D eigenvalue weighted by molar-refractivity contribution is 8.02. The number of hydrogen-bond donors (Lipinski definition) is 1. The van der Waals surface area contributed by atoms with Gasteiger partial charge >= 0.3 is 0 Å². The molecule has 234 valence electrons. The Bertz CT molecular complexity index is 1280. The van der Waals surface area contributed by atoms with Crippen LogP contribution in [0.25, 0.3) is 0 Å². The van der Waals surface area contributed by atoms with Crippen LogP contribution in [0.3, 0.4) is 0 Å². The number of thioether (sulfide) groups is 1. The number of aliphatic hydroxyl groups is 1. The Morgan fingerprint density at radius 2 is 1.63 bits per heavy atom. The van der Waals surface area contributed by atoms with Crippen molar-refractivity contribution in [1.82, 2.24) is 9.80 Å². The number of amides is 3. The molecular weight excluding hydrogens is 560 g/mol. The molecule has 2 fully saturated rings. The van der Waals surface area contributed by atoms with E-state index in [0.717, 1.165) is 37.3 Å². The van der Waals surface area contributed by atoms with Gasteiger partial charge in [-0.05, 0) is 57.4 Å². The van der Waals surface area contributed by atoms with Crippen LogP contribution >= 0.6 is 11.8 Å². The number of rotatable bonds is 10. The number of anilines is 2. The second-order valence-corrected chi connectivity index (χ2v) is 14.4. The molecule has 43 heavy (non-hydrogen) atoms. The van der Waals surface area contributed by atoms with Gasteiger partial charge in [-0.3, -0.25) is 14.4 Å². The molecule has 0 radical (unpaired) electrons. The summed E-state index contributed by atoms with van der Waals surface area (Å²) in [6.45, 7) is 15.5. The van der Waals surface area contributed by atoms with Gasteiger partial charge in [0.05, 0.1) is 29.2 Å². The van der Waals surface area contributed by atoms with E-state index in [1.54, 1.807) is 21.6 Å². The molecule has 4 aliphatic heterocycles. The van der Waals surface area contributed by atoms with Crippen molar-refractivity contribution in [3.63, 3.8) is 0 Å². The number of carbonyl (C=O) groups is 3. The molecule has 1 aromatic rings. The molecule has 0 aromatic heterocycles. The van der Waals surface area contributed by atoms with E-state index in [9.17, 15) is 19.5 Å². The van der Waals surface area contributed by atoms with Crippen LogP contribution in [0.1, 0.15) is 54.4 Å². The van der Waals surface area contributed by atoms with Crippen molar-refractivity contribution in [2.45, 2.75) is 76.0 Å². The van der Waals surface area contributed by atoms with Crippen LogP contribution in [-0.2, 0) is 14.4 Å². The van der Waals surface area contributed by atoms with Crippen molar-refractivity contribution >= 4 is 40.9 Å². The molecule has 0 bridgehead atoms. The lowest BCUT2D eigenvalue weighted by atomic mass is 9.74. The van der Waals surface area contributed by atoms with Gasteiger partial charge in [0, 0.05) is 48.8 Å². The van der Waals surface area contributed by atoms with E-state index in [-0.39, 0.29) is 30.2 Å². The highest BCUT2D eigenvalue weighted by atomic mass is 32.2. The van der Waals surface area contributed by atoms with Crippen LogP contribution in [0.5, 0.6) is 0 Å². The SMILES string of the molecule is CCCN1CC=C[C@]2(C)S[C@]34C=CCN(c5ccc(N(CC)CC)cc5)C(=O)C3N([C@@H](CO)[C@@H](C)CC)C(=O)[C@@H]4[C@@H]2C1=O. The first-order chi connectivity index (χ1) is 20.6. The zero-order valence-corrected chi connectivity index (χ0v) is 27.3. The number of benzene rings is 1. The summed E-state index contributed by atoms with van der Waals surface area (Å²) in [5.74, 6) is -1.70. The van der Waals surface area contributed by atoms with E-state index in [0.29, 0.717) is 19.6 Å². The lowest BCUT2D eigenvalue weighted by molar-refractivity contribution is -0.146. The molecule has 1 N–H and O–H groups in total. The van der Waals surface area contributed by atoms with E-state index < -0.39 is 33.4 Å². The average molecular weight is 609 g/mol. The van der Waals surface area contributed by atoms with Crippen LogP contribution in [-0.4, -0.2) is 93.5 Å². The molecule has 2 saturated heterocycles. The molecule has 1 unspecified atom stereocenters. The van der Waals surface area contributed by atoms with Gasteiger partial charge in [0.15, 0.2) is 0 Å². The molecule has 4 aliphatic rings. The van der Waals surface area contributed by atoms with E-state index in [1.165, 1.54) is 0 Å². The van der Waals surface area contributed by atoms with Crippen LogP contribution in [0.4, 0.5) is 11.4 Å². The largest absolute Gasteiger partial charge is 0.394 e. The molecule has 7 atom stereocenters. The minimum atomic E-state index is -0.931. The highest BCUT2D eigenvalue weighted by Crippen LogP contribution is 2.66. The number of nitrogens with zero attached hydrogens (tertiary/aromatic N) is 4. The van der Waals surface area contributed by atoms with Crippen molar-refractivity contribution in [3.8, 4) is 0 Å². The smallest absolute Gasteiger partial charge is 0.251 e. The number of hydrogen-bond acceptors (Lipinski definition) is 6. The quantitative estimate of drug-likeness (QED) is 0.398. The Hall–Kier alpha value is -2.78. The van der Waals surface area contributed by atoms with Crippen molar-refractivity contribution < 1.29 is 19.5 Å². The molecular formula is C34H48N4O4S. The van der Waals surface area contributed by atoms with Crippen molar-refractivity contribution in [2.75, 3.05) is 49.1 Å². The first-order valence-corrected chi connectivity index (χ1v) is 16.9. The fourth-order valence-corrected chi connectivity index (χ4v) is 9.96. The van der Waals surface area contributed by atoms with Crippen LogP contribution in [0.15, 0.2) is 48.6 Å². The Morgan fingerprint density at radius 3 is 2.23 bits per heavy atom. The summed E-state index contributed by atoms with van der Waals surface area (Å²) in [5, 5.41) is 10.7. The molecule has 9 heteroatoms. The minimum Gasteiger partial charge on any atom is -0.394 e. The summed E-state index contributed by atoms with van der Waals surface area (Å²) in [6.07, 6.45) is 9.80. The zero-order chi connectivity index (χ0) is 31.1. The number of fused-ring (bicyclic) bond motifs is 2. The summed E-state index contributed by atoms with van der Waals surface area (Å²) >= 11 is 1.60. The standard InChI is InChI=1S/C34H48N4O4S/c1-7-19-36-20-11-17-33(6)27(30(36)40)28-31(41)38(26(22-39)23(5)8-2)29-32(42)37(21-12-18-34(28,29)43-33)25-15-13-24(14-16-25)35(9-3)10-4/h11-18,23,26-29,39H,7-10,19-22H2,1-6H3/t23-,26-,27+,28-,29?,33-,34-/m0/s1. The van der Waals surface area contributed by atoms with Gasteiger partial charge in [-0.25, -0.2) is 0 Å². The monoisotopic (exact) mass is 608 g/mol. The first kappa shape index (κ1) is 31.6. The van der Waals surface area contributed by atoms with Gasteiger partial charge in [-0.15, -0.1) is 11.8 Å². The van der Waals surface area contributed by atoms with Gasteiger partial charge in [-0.1, -0.05) is 51.5 Å². The Balaban J connectivity index is 1.63.